The molecule has 1 amide bonds. The topological polar surface area (TPSA) is 57.6 Å². The number of hydrogen-bond acceptors (Lipinski definition) is 2. The summed E-state index contributed by atoms with van der Waals surface area (Å²) in [6.45, 7) is 1.12. The molecule has 2 aliphatic rings. The minimum absolute atomic E-state index is 0.119. The lowest BCUT2D eigenvalue weighted by Crippen LogP contribution is -2.33. The summed E-state index contributed by atoms with van der Waals surface area (Å²) in [5.74, 6) is -0.375. The summed E-state index contributed by atoms with van der Waals surface area (Å²) in [6, 6.07) is 9.91. The molecule has 0 radical (unpaired) electrons. The van der Waals surface area contributed by atoms with E-state index in [4.69, 9.17) is 5.11 Å². The zero-order valence-corrected chi connectivity index (χ0v) is 12.1. The number of carboxylic acids is 1. The van der Waals surface area contributed by atoms with Crippen LogP contribution in [0.15, 0.2) is 30.3 Å². The van der Waals surface area contributed by atoms with Gasteiger partial charge < -0.3 is 10.0 Å². The molecule has 0 aliphatic heterocycles. The van der Waals surface area contributed by atoms with Crippen molar-refractivity contribution >= 4 is 11.9 Å². The maximum atomic E-state index is 12.6. The molecule has 112 valence electrons. The quantitative estimate of drug-likeness (QED) is 0.839. The van der Waals surface area contributed by atoms with Crippen LogP contribution < -0.4 is 0 Å². The molecule has 0 saturated heterocycles. The van der Waals surface area contributed by atoms with Gasteiger partial charge in [-0.3, -0.25) is 9.59 Å². The summed E-state index contributed by atoms with van der Waals surface area (Å²) >= 11 is 0. The lowest BCUT2D eigenvalue weighted by atomic mass is 10.1. The van der Waals surface area contributed by atoms with Crippen LogP contribution in [-0.2, 0) is 16.1 Å². The van der Waals surface area contributed by atoms with Crippen molar-refractivity contribution in [3.05, 3.63) is 35.9 Å². The van der Waals surface area contributed by atoms with Crippen molar-refractivity contribution in [3.8, 4) is 0 Å². The molecule has 4 nitrogen and oxygen atoms in total. The minimum Gasteiger partial charge on any atom is -0.481 e. The molecule has 21 heavy (non-hydrogen) atoms. The summed E-state index contributed by atoms with van der Waals surface area (Å²) in [5, 5.41) is 8.77. The fraction of sp³-hybridized carbons (Fsp3) is 0.529. The van der Waals surface area contributed by atoms with E-state index in [1.54, 1.807) is 0 Å². The summed E-state index contributed by atoms with van der Waals surface area (Å²) < 4.78 is 0. The number of amides is 1. The lowest BCUT2D eigenvalue weighted by molar-refractivity contribution is -0.138. The third kappa shape index (κ3) is 3.26. The highest BCUT2D eigenvalue weighted by Gasteiger charge is 2.66. The largest absolute Gasteiger partial charge is 0.481 e. The van der Waals surface area contributed by atoms with Crippen LogP contribution >= 0.6 is 0 Å². The standard InChI is InChI=1S/C17H21NO3/c19-15(20)7-4-10-18(12-13-5-2-1-3-6-13)16(21)14-11-17(14)8-9-17/h1-3,5-6,14H,4,7-12H2,(H,19,20). The third-order valence-corrected chi connectivity index (χ3v) is 4.73. The van der Waals surface area contributed by atoms with Gasteiger partial charge in [-0.15, -0.1) is 0 Å². The number of nitrogens with zero attached hydrogens (tertiary/aromatic N) is 1. The molecule has 2 saturated carbocycles. The Kier molecular flexibility index (Phi) is 3.70. The first kappa shape index (κ1) is 14.1. The number of rotatable bonds is 7. The molecule has 1 unspecified atom stereocenters. The van der Waals surface area contributed by atoms with Crippen LogP contribution in [0.2, 0.25) is 0 Å². The highest BCUT2D eigenvalue weighted by molar-refractivity contribution is 5.83. The van der Waals surface area contributed by atoms with Gasteiger partial charge in [-0.1, -0.05) is 30.3 Å². The Bertz CT molecular complexity index is 536. The maximum absolute atomic E-state index is 12.6. The summed E-state index contributed by atoms with van der Waals surface area (Å²) in [6.07, 6.45) is 4.06. The second-order valence-electron chi connectivity index (χ2n) is 6.36. The first-order chi connectivity index (χ1) is 10.1. The van der Waals surface area contributed by atoms with Crippen molar-refractivity contribution in [2.45, 2.75) is 38.6 Å². The fourth-order valence-corrected chi connectivity index (χ4v) is 3.12. The zero-order chi connectivity index (χ0) is 14.9. The van der Waals surface area contributed by atoms with Crippen LogP contribution in [0, 0.1) is 11.3 Å². The van der Waals surface area contributed by atoms with E-state index in [1.807, 2.05) is 35.2 Å². The minimum atomic E-state index is -0.799. The van der Waals surface area contributed by atoms with E-state index >= 15 is 0 Å². The molecule has 3 rings (SSSR count). The van der Waals surface area contributed by atoms with E-state index < -0.39 is 5.97 Å². The Hall–Kier alpha value is -1.84. The predicted octanol–water partition coefficient (Wildman–Crippen LogP) is 2.68. The average molecular weight is 287 g/mol. The van der Waals surface area contributed by atoms with Gasteiger partial charge in [-0.25, -0.2) is 0 Å². The van der Waals surface area contributed by atoms with Crippen molar-refractivity contribution in [1.29, 1.82) is 0 Å². The molecule has 1 aromatic carbocycles. The van der Waals surface area contributed by atoms with E-state index in [1.165, 1.54) is 12.8 Å². The molecule has 0 aromatic heterocycles. The molecule has 1 spiro atoms. The van der Waals surface area contributed by atoms with Crippen LogP contribution in [0.4, 0.5) is 0 Å². The Labute approximate surface area is 124 Å². The van der Waals surface area contributed by atoms with Crippen LogP contribution in [-0.4, -0.2) is 28.4 Å². The Morgan fingerprint density at radius 3 is 2.52 bits per heavy atom. The number of carbonyl (C=O) groups excluding carboxylic acids is 1. The molecular weight excluding hydrogens is 266 g/mol. The van der Waals surface area contributed by atoms with E-state index in [9.17, 15) is 9.59 Å². The van der Waals surface area contributed by atoms with Gasteiger partial charge in [0.2, 0.25) is 5.91 Å². The predicted molar refractivity (Wildman–Crippen MR) is 78.5 cm³/mol. The van der Waals surface area contributed by atoms with Crippen molar-refractivity contribution in [2.75, 3.05) is 6.54 Å². The molecular formula is C17H21NO3. The van der Waals surface area contributed by atoms with Gasteiger partial charge in [0.05, 0.1) is 0 Å². The van der Waals surface area contributed by atoms with Crippen LogP contribution in [0.1, 0.15) is 37.7 Å². The fourth-order valence-electron chi connectivity index (χ4n) is 3.12. The number of carbonyl (C=O) groups is 2. The van der Waals surface area contributed by atoms with Gasteiger partial charge in [-0.05, 0) is 36.7 Å². The number of hydrogen-bond donors (Lipinski definition) is 1. The van der Waals surface area contributed by atoms with E-state index in [0.717, 1.165) is 12.0 Å². The van der Waals surface area contributed by atoms with Gasteiger partial charge in [0.25, 0.3) is 0 Å². The van der Waals surface area contributed by atoms with E-state index in [0.29, 0.717) is 24.9 Å². The zero-order valence-electron chi connectivity index (χ0n) is 12.1. The molecule has 0 heterocycles. The van der Waals surface area contributed by atoms with Crippen molar-refractivity contribution in [2.24, 2.45) is 11.3 Å². The van der Waals surface area contributed by atoms with Crippen molar-refractivity contribution in [1.82, 2.24) is 4.90 Å². The highest BCUT2D eigenvalue weighted by Crippen LogP contribution is 2.71. The SMILES string of the molecule is O=C(O)CCCN(Cc1ccccc1)C(=O)C1CC12CC2. The highest BCUT2D eigenvalue weighted by atomic mass is 16.4. The van der Waals surface area contributed by atoms with Gasteiger partial charge in [0, 0.05) is 25.4 Å². The second kappa shape index (κ2) is 5.51. The smallest absolute Gasteiger partial charge is 0.303 e. The molecule has 1 N–H and O–H groups in total. The Morgan fingerprint density at radius 1 is 1.24 bits per heavy atom. The van der Waals surface area contributed by atoms with Gasteiger partial charge in [0.1, 0.15) is 0 Å². The monoisotopic (exact) mass is 287 g/mol. The van der Waals surface area contributed by atoms with E-state index in [2.05, 4.69) is 0 Å². The maximum Gasteiger partial charge on any atom is 0.303 e. The van der Waals surface area contributed by atoms with Crippen LogP contribution in [0.3, 0.4) is 0 Å². The van der Waals surface area contributed by atoms with Crippen LogP contribution in [0.5, 0.6) is 0 Å². The van der Waals surface area contributed by atoms with Crippen molar-refractivity contribution in [3.63, 3.8) is 0 Å². The summed E-state index contributed by atoms with van der Waals surface area (Å²) in [7, 11) is 0. The molecule has 0 bridgehead atoms. The van der Waals surface area contributed by atoms with E-state index in [-0.39, 0.29) is 18.2 Å². The number of carboxylic acid groups (broad SMARTS) is 1. The molecule has 2 fully saturated rings. The molecule has 4 heteroatoms. The lowest BCUT2D eigenvalue weighted by Gasteiger charge is -2.23. The number of aliphatic carboxylic acids is 1. The third-order valence-electron chi connectivity index (χ3n) is 4.73. The van der Waals surface area contributed by atoms with Gasteiger partial charge in [0.15, 0.2) is 0 Å². The summed E-state index contributed by atoms with van der Waals surface area (Å²) in [4.78, 5) is 25.1. The van der Waals surface area contributed by atoms with Crippen LogP contribution in [0.25, 0.3) is 0 Å². The average Bonchev–Trinajstić information content (AvgIpc) is 3.38. The Balaban J connectivity index is 1.62. The summed E-state index contributed by atoms with van der Waals surface area (Å²) in [5.41, 5.74) is 1.45. The normalized spacial score (nSPS) is 21.0. The van der Waals surface area contributed by atoms with Crippen molar-refractivity contribution < 1.29 is 14.7 Å². The Morgan fingerprint density at radius 2 is 1.95 bits per heavy atom. The number of benzene rings is 1. The van der Waals surface area contributed by atoms with Gasteiger partial charge in [-0.2, -0.15) is 0 Å². The first-order valence-electron chi connectivity index (χ1n) is 7.65. The second-order valence-corrected chi connectivity index (χ2v) is 6.36. The molecule has 1 atom stereocenters. The first-order valence-corrected chi connectivity index (χ1v) is 7.65. The molecule has 1 aromatic rings. The van der Waals surface area contributed by atoms with Gasteiger partial charge >= 0.3 is 5.97 Å². The molecule has 2 aliphatic carbocycles.